The quantitative estimate of drug-likeness (QED) is 0.538. The standard InChI is InChI=1S/C18H19NO6S3/c1-4-25-10-7-8(5-6-9(10)20)11-12(16(21)23-2)14(17(22)24-3)27-15-13(11)28-18(26)19-15/h5-7,11-12,14,20H,4H2,1-3H3,(H,19,26). The molecule has 1 aromatic heterocycles. The third-order valence-corrected chi connectivity index (χ3v) is 7.15. The molecule has 0 spiro atoms. The molecule has 10 heteroatoms. The van der Waals surface area contributed by atoms with Crippen molar-refractivity contribution in [2.24, 2.45) is 5.92 Å². The van der Waals surface area contributed by atoms with E-state index in [2.05, 4.69) is 4.98 Å². The Morgan fingerprint density at radius 3 is 2.61 bits per heavy atom. The third kappa shape index (κ3) is 3.76. The van der Waals surface area contributed by atoms with Gasteiger partial charge in [0, 0.05) is 10.8 Å². The van der Waals surface area contributed by atoms with Gasteiger partial charge in [-0.15, -0.1) is 11.3 Å². The summed E-state index contributed by atoms with van der Waals surface area (Å²) in [6, 6.07) is 4.89. The smallest absolute Gasteiger partial charge is 0.320 e. The van der Waals surface area contributed by atoms with E-state index < -0.39 is 29.0 Å². The van der Waals surface area contributed by atoms with E-state index >= 15 is 0 Å². The average Bonchev–Trinajstić information content (AvgIpc) is 3.07. The summed E-state index contributed by atoms with van der Waals surface area (Å²) in [5.41, 5.74) is 0.706. The Morgan fingerprint density at radius 2 is 1.96 bits per heavy atom. The number of aromatic nitrogens is 1. The molecule has 0 amide bonds. The lowest BCUT2D eigenvalue weighted by Gasteiger charge is -2.34. The number of rotatable bonds is 5. The number of phenolic OH excluding ortho intramolecular Hbond substituents is 1. The normalized spacial score (nSPS) is 20.9. The molecule has 2 heterocycles. The van der Waals surface area contributed by atoms with Crippen LogP contribution in [0.4, 0.5) is 0 Å². The Labute approximate surface area is 175 Å². The van der Waals surface area contributed by atoms with Crippen LogP contribution in [0.5, 0.6) is 11.5 Å². The zero-order valence-corrected chi connectivity index (χ0v) is 17.8. The monoisotopic (exact) mass is 441 g/mol. The summed E-state index contributed by atoms with van der Waals surface area (Å²) < 4.78 is 16.0. The van der Waals surface area contributed by atoms with Gasteiger partial charge in [-0.25, -0.2) is 0 Å². The number of H-pyrrole nitrogens is 1. The molecule has 2 N–H and O–H groups in total. The van der Waals surface area contributed by atoms with Crippen LogP contribution in [-0.2, 0) is 19.1 Å². The summed E-state index contributed by atoms with van der Waals surface area (Å²) in [5, 5.41) is 9.97. The predicted molar refractivity (Wildman–Crippen MR) is 108 cm³/mol. The number of thiazole rings is 1. The van der Waals surface area contributed by atoms with Gasteiger partial charge in [0.2, 0.25) is 0 Å². The Bertz CT molecular complexity index is 953. The van der Waals surface area contributed by atoms with Crippen molar-refractivity contribution in [3.05, 3.63) is 32.6 Å². The first-order valence-corrected chi connectivity index (χ1v) is 10.5. The number of fused-ring (bicyclic) bond motifs is 1. The van der Waals surface area contributed by atoms with Crippen LogP contribution in [0.2, 0.25) is 0 Å². The Hall–Kier alpha value is -2.04. The molecule has 1 aromatic carbocycles. The molecule has 1 aliphatic rings. The summed E-state index contributed by atoms with van der Waals surface area (Å²) in [4.78, 5) is 29.1. The van der Waals surface area contributed by atoms with Crippen LogP contribution in [0, 0.1) is 9.87 Å². The SMILES string of the molecule is CCOc1cc(C2c3sc(=S)[nH]c3SC(C(=O)OC)C2C(=O)OC)ccc1O. The summed E-state index contributed by atoms with van der Waals surface area (Å²) in [5.74, 6) is -2.08. The molecular weight excluding hydrogens is 422 g/mol. The largest absolute Gasteiger partial charge is 0.504 e. The third-order valence-electron chi connectivity index (χ3n) is 4.40. The van der Waals surface area contributed by atoms with Gasteiger partial charge in [0.15, 0.2) is 15.5 Å². The van der Waals surface area contributed by atoms with Crippen LogP contribution >= 0.6 is 35.3 Å². The number of hydrogen-bond acceptors (Lipinski definition) is 9. The first-order chi connectivity index (χ1) is 13.4. The number of aromatic amines is 1. The van der Waals surface area contributed by atoms with Crippen LogP contribution in [0.1, 0.15) is 23.3 Å². The maximum Gasteiger partial charge on any atom is 0.320 e. The van der Waals surface area contributed by atoms with Crippen LogP contribution < -0.4 is 4.74 Å². The molecule has 150 valence electrons. The van der Waals surface area contributed by atoms with E-state index in [1.165, 1.54) is 43.4 Å². The van der Waals surface area contributed by atoms with E-state index in [0.717, 1.165) is 9.90 Å². The molecule has 0 saturated carbocycles. The molecule has 0 aliphatic carbocycles. The zero-order chi connectivity index (χ0) is 20.4. The number of aromatic hydroxyl groups is 1. The average molecular weight is 442 g/mol. The molecule has 0 fully saturated rings. The minimum absolute atomic E-state index is 0.00292. The van der Waals surface area contributed by atoms with Gasteiger partial charge >= 0.3 is 11.9 Å². The highest BCUT2D eigenvalue weighted by Gasteiger charge is 2.48. The minimum atomic E-state index is -0.824. The van der Waals surface area contributed by atoms with Gasteiger partial charge < -0.3 is 24.3 Å². The van der Waals surface area contributed by atoms with E-state index in [9.17, 15) is 14.7 Å². The predicted octanol–water partition coefficient (Wildman–Crippen LogP) is 3.48. The fraction of sp³-hybridized carbons (Fsp3) is 0.389. The molecule has 0 saturated heterocycles. The lowest BCUT2D eigenvalue weighted by Crippen LogP contribution is -2.40. The Kier molecular flexibility index (Phi) is 6.31. The van der Waals surface area contributed by atoms with Crippen LogP contribution in [0.15, 0.2) is 23.2 Å². The zero-order valence-electron chi connectivity index (χ0n) is 15.4. The number of nitrogens with one attached hydrogen (secondary N) is 1. The van der Waals surface area contributed by atoms with E-state index in [1.807, 2.05) is 6.92 Å². The minimum Gasteiger partial charge on any atom is -0.504 e. The van der Waals surface area contributed by atoms with Gasteiger partial charge in [-0.3, -0.25) is 9.59 Å². The number of carbonyl (C=O) groups is 2. The Balaban J connectivity index is 2.21. The highest BCUT2D eigenvalue weighted by Crippen LogP contribution is 2.51. The molecule has 7 nitrogen and oxygen atoms in total. The van der Waals surface area contributed by atoms with Gasteiger partial charge in [0.25, 0.3) is 0 Å². The number of hydrogen-bond donors (Lipinski definition) is 2. The number of benzene rings is 1. The number of thioether (sulfide) groups is 1. The van der Waals surface area contributed by atoms with Crippen LogP contribution in [0.3, 0.4) is 0 Å². The van der Waals surface area contributed by atoms with Crippen molar-refractivity contribution >= 4 is 47.3 Å². The molecule has 28 heavy (non-hydrogen) atoms. The molecule has 3 atom stereocenters. The van der Waals surface area contributed by atoms with Gasteiger partial charge in [-0.05, 0) is 36.8 Å². The van der Waals surface area contributed by atoms with Crippen molar-refractivity contribution in [1.29, 1.82) is 0 Å². The number of ether oxygens (including phenoxy) is 3. The van der Waals surface area contributed by atoms with Crippen molar-refractivity contribution in [2.45, 2.75) is 23.1 Å². The highest BCUT2D eigenvalue weighted by atomic mass is 32.2. The van der Waals surface area contributed by atoms with E-state index in [-0.39, 0.29) is 5.75 Å². The lowest BCUT2D eigenvalue weighted by atomic mass is 9.82. The summed E-state index contributed by atoms with van der Waals surface area (Å²) in [6.45, 7) is 2.18. The first kappa shape index (κ1) is 20.7. The lowest BCUT2D eigenvalue weighted by molar-refractivity contribution is -0.151. The Morgan fingerprint density at radius 1 is 1.25 bits per heavy atom. The maximum absolute atomic E-state index is 12.7. The van der Waals surface area contributed by atoms with Crippen LogP contribution in [0.25, 0.3) is 0 Å². The summed E-state index contributed by atoms with van der Waals surface area (Å²) >= 11 is 7.85. The van der Waals surface area contributed by atoms with Gasteiger partial charge in [-0.2, -0.15) is 0 Å². The summed E-state index contributed by atoms with van der Waals surface area (Å²) in [7, 11) is 2.57. The molecule has 2 aromatic rings. The first-order valence-electron chi connectivity index (χ1n) is 8.42. The topological polar surface area (TPSA) is 97.9 Å². The number of carbonyl (C=O) groups excluding carboxylic acids is 2. The second kappa shape index (κ2) is 8.54. The van der Waals surface area contributed by atoms with Gasteiger partial charge in [0.05, 0.1) is 31.8 Å². The number of methoxy groups -OCH3 is 2. The highest BCUT2D eigenvalue weighted by molar-refractivity contribution is 8.00. The van der Waals surface area contributed by atoms with E-state index in [4.69, 9.17) is 26.4 Å². The number of esters is 2. The molecule has 3 rings (SSSR count). The van der Waals surface area contributed by atoms with E-state index in [1.54, 1.807) is 12.1 Å². The number of phenols is 1. The molecule has 0 bridgehead atoms. The second-order valence-electron chi connectivity index (χ2n) is 5.96. The molecular formula is C18H19NO6S3. The van der Waals surface area contributed by atoms with Crippen molar-refractivity contribution in [2.75, 3.05) is 20.8 Å². The maximum atomic E-state index is 12.7. The van der Waals surface area contributed by atoms with Gasteiger partial charge in [0.1, 0.15) is 5.25 Å². The van der Waals surface area contributed by atoms with Crippen molar-refractivity contribution in [3.8, 4) is 11.5 Å². The fourth-order valence-corrected chi connectivity index (χ4v) is 6.16. The van der Waals surface area contributed by atoms with Crippen molar-refractivity contribution in [3.63, 3.8) is 0 Å². The molecule has 1 aliphatic heterocycles. The van der Waals surface area contributed by atoms with Crippen LogP contribution in [-0.4, -0.2) is 48.1 Å². The van der Waals surface area contributed by atoms with Crippen molar-refractivity contribution < 1.29 is 28.9 Å². The van der Waals surface area contributed by atoms with Gasteiger partial charge in [-0.1, -0.05) is 17.8 Å². The second-order valence-corrected chi connectivity index (χ2v) is 8.83. The molecule has 0 radical (unpaired) electrons. The fourth-order valence-electron chi connectivity index (χ4n) is 3.22. The van der Waals surface area contributed by atoms with Crippen molar-refractivity contribution in [1.82, 2.24) is 4.98 Å². The summed E-state index contributed by atoms with van der Waals surface area (Å²) in [6.07, 6.45) is 0. The molecule has 3 unspecified atom stereocenters. The van der Waals surface area contributed by atoms with E-state index in [0.29, 0.717) is 21.9 Å².